The van der Waals surface area contributed by atoms with Gasteiger partial charge in [-0.05, 0) is 51.8 Å². The molecule has 4 heteroatoms. The van der Waals surface area contributed by atoms with Crippen molar-refractivity contribution in [2.75, 3.05) is 0 Å². The number of hydrogen-bond donors (Lipinski definition) is 0. The number of allylic oxidation sites excluding steroid dienone is 3. The van der Waals surface area contributed by atoms with E-state index in [0.29, 0.717) is 4.88 Å². The van der Waals surface area contributed by atoms with Crippen LogP contribution in [0.4, 0.5) is 4.39 Å². The highest BCUT2D eigenvalue weighted by molar-refractivity contribution is 9.11. The molecule has 0 N–H and O–H groups in total. The molecule has 2 rings (SSSR count). The van der Waals surface area contributed by atoms with Gasteiger partial charge in [-0.15, -0.1) is 11.3 Å². The summed E-state index contributed by atoms with van der Waals surface area (Å²) in [7, 11) is 0. The van der Waals surface area contributed by atoms with E-state index >= 15 is 0 Å². The Balaban J connectivity index is 1.96. The van der Waals surface area contributed by atoms with E-state index < -0.39 is 0 Å². The molecule has 1 heterocycles. The number of hydrogen-bond acceptors (Lipinski definition) is 2. The highest BCUT2D eigenvalue weighted by Gasteiger charge is 2.03. The van der Waals surface area contributed by atoms with E-state index in [1.54, 1.807) is 30.4 Å². The first-order valence-electron chi connectivity index (χ1n) is 5.55. The molecule has 0 atom stereocenters. The number of benzene rings is 1. The smallest absolute Gasteiger partial charge is 0.195 e. The lowest BCUT2D eigenvalue weighted by Gasteiger charge is -1.91. The molecule has 0 radical (unpaired) electrons. The highest BCUT2D eigenvalue weighted by atomic mass is 79.9. The van der Waals surface area contributed by atoms with Gasteiger partial charge in [0.2, 0.25) is 0 Å². The number of thiophene rings is 1. The predicted molar refractivity (Wildman–Crippen MR) is 80.9 cm³/mol. The summed E-state index contributed by atoms with van der Waals surface area (Å²) in [4.78, 5) is 12.4. The van der Waals surface area contributed by atoms with E-state index in [-0.39, 0.29) is 11.6 Å². The molecule has 0 fully saturated rings. The number of carbonyl (C=O) groups excluding carboxylic acids is 1. The van der Waals surface area contributed by atoms with Crippen molar-refractivity contribution in [2.24, 2.45) is 0 Å². The first-order chi connectivity index (χ1) is 9.15. The third-order valence-corrected chi connectivity index (χ3v) is 3.97. The van der Waals surface area contributed by atoms with Crippen molar-refractivity contribution in [2.45, 2.75) is 0 Å². The SMILES string of the molecule is O=C(/C=C/C=C/c1ccc(F)cc1)c1ccc(Br)s1. The molecule has 0 aliphatic rings. The summed E-state index contributed by atoms with van der Waals surface area (Å²) in [5.41, 5.74) is 0.886. The molecule has 0 bridgehead atoms. The van der Waals surface area contributed by atoms with Crippen LogP contribution in [0.15, 0.2) is 58.4 Å². The molecule has 2 aromatic rings. The molecule has 1 nitrogen and oxygen atoms in total. The lowest BCUT2D eigenvalue weighted by Crippen LogP contribution is -1.87. The normalized spacial score (nSPS) is 11.5. The Hall–Kier alpha value is -1.52. The van der Waals surface area contributed by atoms with E-state index in [1.807, 2.05) is 12.1 Å². The Bertz CT molecular complexity index is 626. The van der Waals surface area contributed by atoms with Crippen LogP contribution < -0.4 is 0 Å². The Morgan fingerprint density at radius 2 is 1.84 bits per heavy atom. The van der Waals surface area contributed by atoms with Gasteiger partial charge in [-0.3, -0.25) is 4.79 Å². The molecule has 1 aromatic carbocycles. The van der Waals surface area contributed by atoms with E-state index in [1.165, 1.54) is 29.5 Å². The van der Waals surface area contributed by atoms with Crippen molar-refractivity contribution in [1.82, 2.24) is 0 Å². The maximum absolute atomic E-state index is 12.7. The quantitative estimate of drug-likeness (QED) is 0.431. The van der Waals surface area contributed by atoms with Crippen LogP contribution in [0.25, 0.3) is 6.08 Å². The van der Waals surface area contributed by atoms with Gasteiger partial charge >= 0.3 is 0 Å². The number of ketones is 1. The average Bonchev–Trinajstić information content (AvgIpc) is 2.83. The van der Waals surface area contributed by atoms with Gasteiger partial charge in [0, 0.05) is 0 Å². The Morgan fingerprint density at radius 3 is 2.47 bits per heavy atom. The number of carbonyl (C=O) groups is 1. The topological polar surface area (TPSA) is 17.1 Å². The molecule has 0 aliphatic heterocycles. The second-order valence-corrected chi connectivity index (χ2v) is 6.20. The zero-order valence-electron chi connectivity index (χ0n) is 9.85. The summed E-state index contributed by atoms with van der Waals surface area (Å²) in [6, 6.07) is 9.79. The largest absolute Gasteiger partial charge is 0.288 e. The van der Waals surface area contributed by atoms with Crippen molar-refractivity contribution in [3.63, 3.8) is 0 Å². The lowest BCUT2D eigenvalue weighted by molar-refractivity contribution is 0.105. The number of halogens is 2. The third-order valence-electron chi connectivity index (χ3n) is 2.33. The van der Waals surface area contributed by atoms with Crippen LogP contribution in [0.2, 0.25) is 0 Å². The summed E-state index contributed by atoms with van der Waals surface area (Å²) in [5, 5.41) is 0. The number of rotatable bonds is 4. The molecular formula is C15H10BrFOS. The Labute approximate surface area is 123 Å². The van der Waals surface area contributed by atoms with Crippen molar-refractivity contribution in [3.8, 4) is 0 Å². The fourth-order valence-corrected chi connectivity index (χ4v) is 2.72. The molecular weight excluding hydrogens is 327 g/mol. The minimum absolute atomic E-state index is 0.0283. The van der Waals surface area contributed by atoms with Gasteiger partial charge in [0.25, 0.3) is 0 Å². The predicted octanol–water partition coefficient (Wildman–Crippen LogP) is 5.10. The first-order valence-corrected chi connectivity index (χ1v) is 7.16. The van der Waals surface area contributed by atoms with Gasteiger partial charge in [-0.2, -0.15) is 0 Å². The monoisotopic (exact) mass is 336 g/mol. The standard InChI is InChI=1S/C15H10BrFOS/c16-15-10-9-14(19-15)13(18)4-2-1-3-11-5-7-12(17)8-6-11/h1-10H/b3-1+,4-2+. The molecule has 19 heavy (non-hydrogen) atoms. The molecule has 96 valence electrons. The highest BCUT2D eigenvalue weighted by Crippen LogP contribution is 2.22. The van der Waals surface area contributed by atoms with E-state index in [9.17, 15) is 9.18 Å². The van der Waals surface area contributed by atoms with Crippen LogP contribution >= 0.6 is 27.3 Å². The van der Waals surface area contributed by atoms with Gasteiger partial charge in [0.05, 0.1) is 8.66 Å². The molecule has 0 unspecified atom stereocenters. The minimum Gasteiger partial charge on any atom is -0.288 e. The minimum atomic E-state index is -0.258. The molecule has 0 aliphatic carbocycles. The van der Waals surface area contributed by atoms with Gasteiger partial charge < -0.3 is 0 Å². The van der Waals surface area contributed by atoms with Crippen LogP contribution in [0.1, 0.15) is 15.2 Å². The van der Waals surface area contributed by atoms with Crippen molar-refractivity contribution < 1.29 is 9.18 Å². The van der Waals surface area contributed by atoms with Crippen LogP contribution in [0.5, 0.6) is 0 Å². The van der Waals surface area contributed by atoms with E-state index in [0.717, 1.165) is 9.35 Å². The van der Waals surface area contributed by atoms with Crippen molar-refractivity contribution in [1.29, 1.82) is 0 Å². The van der Waals surface area contributed by atoms with Crippen LogP contribution in [-0.2, 0) is 0 Å². The van der Waals surface area contributed by atoms with Crippen molar-refractivity contribution in [3.05, 3.63) is 74.7 Å². The summed E-state index contributed by atoms with van der Waals surface area (Å²) < 4.78 is 13.6. The van der Waals surface area contributed by atoms with Crippen LogP contribution in [0, 0.1) is 5.82 Å². The van der Waals surface area contributed by atoms with E-state index in [4.69, 9.17) is 0 Å². The summed E-state index contributed by atoms with van der Waals surface area (Å²) >= 11 is 4.72. The molecule has 1 aromatic heterocycles. The van der Waals surface area contributed by atoms with Gasteiger partial charge in [0.15, 0.2) is 5.78 Å². The van der Waals surface area contributed by atoms with Gasteiger partial charge in [-0.25, -0.2) is 4.39 Å². The zero-order valence-corrected chi connectivity index (χ0v) is 12.2. The fourth-order valence-electron chi connectivity index (χ4n) is 1.41. The Kier molecular flexibility index (Phi) is 4.82. The van der Waals surface area contributed by atoms with Crippen LogP contribution in [0.3, 0.4) is 0 Å². The second-order valence-electron chi connectivity index (χ2n) is 3.74. The molecule has 0 amide bonds. The lowest BCUT2D eigenvalue weighted by atomic mass is 10.2. The zero-order chi connectivity index (χ0) is 13.7. The summed E-state index contributed by atoms with van der Waals surface area (Å²) in [6.07, 6.45) is 6.76. The maximum atomic E-state index is 12.7. The van der Waals surface area contributed by atoms with Crippen molar-refractivity contribution >= 4 is 39.1 Å². The van der Waals surface area contributed by atoms with Crippen LogP contribution in [-0.4, -0.2) is 5.78 Å². The maximum Gasteiger partial charge on any atom is 0.195 e. The van der Waals surface area contributed by atoms with E-state index in [2.05, 4.69) is 15.9 Å². The molecule has 0 saturated carbocycles. The fraction of sp³-hybridized carbons (Fsp3) is 0. The van der Waals surface area contributed by atoms with Gasteiger partial charge in [-0.1, -0.05) is 30.4 Å². The molecule has 0 spiro atoms. The summed E-state index contributed by atoms with van der Waals surface area (Å²) in [6.45, 7) is 0. The third kappa shape index (κ3) is 4.26. The average molecular weight is 337 g/mol. The molecule has 0 saturated heterocycles. The summed E-state index contributed by atoms with van der Waals surface area (Å²) in [5.74, 6) is -0.286. The second kappa shape index (κ2) is 6.59. The first kappa shape index (κ1) is 13.9. The Morgan fingerprint density at radius 1 is 1.11 bits per heavy atom. The van der Waals surface area contributed by atoms with Gasteiger partial charge in [0.1, 0.15) is 5.82 Å².